The summed E-state index contributed by atoms with van der Waals surface area (Å²) in [5.74, 6) is 0. The first-order valence-electron chi connectivity index (χ1n) is 11.9. The van der Waals surface area contributed by atoms with Gasteiger partial charge in [0.05, 0.1) is 6.10 Å². The number of rotatable bonds is 12. The topological polar surface area (TPSA) is 44.8 Å². The van der Waals surface area contributed by atoms with Crippen molar-refractivity contribution in [1.82, 2.24) is 9.80 Å². The highest BCUT2D eigenvalue weighted by atomic mass is 16.5. The van der Waals surface area contributed by atoms with Crippen LogP contribution in [0.5, 0.6) is 0 Å². The number of nitrogens with zero attached hydrogens (tertiary/aromatic N) is 2. The van der Waals surface area contributed by atoms with Gasteiger partial charge in [-0.3, -0.25) is 0 Å². The van der Waals surface area contributed by atoms with Gasteiger partial charge in [0.2, 0.25) is 0 Å². The van der Waals surface area contributed by atoms with Gasteiger partial charge in [0.25, 0.3) is 0 Å². The molecule has 1 fully saturated rings. The lowest BCUT2D eigenvalue weighted by atomic mass is 9.92. The van der Waals surface area contributed by atoms with Crippen molar-refractivity contribution >= 4 is 11.7 Å². The third-order valence-corrected chi connectivity index (χ3v) is 6.36. The number of hydrogen-bond donors (Lipinski definition) is 1. The molecule has 2 amide bonds. The molecule has 174 valence electrons. The van der Waals surface area contributed by atoms with Crippen molar-refractivity contribution in [3.05, 3.63) is 42.0 Å². The van der Waals surface area contributed by atoms with Crippen molar-refractivity contribution in [3.8, 4) is 0 Å². The summed E-state index contributed by atoms with van der Waals surface area (Å²) in [4.78, 5) is 16.9. The minimum atomic E-state index is -0.0185. The first-order chi connectivity index (χ1) is 14.9. The number of unbranched alkanes of at least 4 members (excludes halogenated alkanes) is 3. The Hall–Kier alpha value is -1.85. The van der Waals surface area contributed by atoms with Crippen LogP contribution in [-0.2, 0) is 4.74 Å². The Labute approximate surface area is 189 Å². The highest BCUT2D eigenvalue weighted by Crippen LogP contribution is 2.26. The zero-order chi connectivity index (χ0) is 22.6. The molecule has 1 aliphatic carbocycles. The van der Waals surface area contributed by atoms with E-state index in [0.717, 1.165) is 63.1 Å². The van der Waals surface area contributed by atoms with Crippen LogP contribution in [0.15, 0.2) is 30.9 Å². The van der Waals surface area contributed by atoms with Crippen LogP contribution in [0.4, 0.5) is 10.5 Å². The number of nitrogens with one attached hydrogen (secondary N) is 1. The fraction of sp³-hybridized carbons (Fsp3) is 0.654. The zero-order valence-electron chi connectivity index (χ0n) is 20.2. The van der Waals surface area contributed by atoms with E-state index < -0.39 is 0 Å². The quantitative estimate of drug-likeness (QED) is 0.339. The van der Waals surface area contributed by atoms with Crippen LogP contribution in [0, 0.1) is 13.8 Å². The summed E-state index contributed by atoms with van der Waals surface area (Å²) in [6.07, 6.45) is 11.3. The molecule has 0 radical (unpaired) electrons. The van der Waals surface area contributed by atoms with Crippen molar-refractivity contribution in [1.29, 1.82) is 0 Å². The molecule has 5 heteroatoms. The lowest BCUT2D eigenvalue weighted by Crippen LogP contribution is -2.42. The monoisotopic (exact) mass is 429 g/mol. The maximum absolute atomic E-state index is 12.7. The summed E-state index contributed by atoms with van der Waals surface area (Å²) >= 11 is 0. The van der Waals surface area contributed by atoms with E-state index in [-0.39, 0.29) is 12.1 Å². The van der Waals surface area contributed by atoms with Crippen molar-refractivity contribution in [2.45, 2.75) is 77.4 Å². The molecule has 1 saturated carbocycles. The van der Waals surface area contributed by atoms with Crippen LogP contribution < -0.4 is 5.32 Å². The Balaban J connectivity index is 1.59. The first kappa shape index (κ1) is 25.4. The number of urea groups is 1. The predicted molar refractivity (Wildman–Crippen MR) is 131 cm³/mol. The number of carbonyl (C=O) groups excluding carboxylic acids is 1. The summed E-state index contributed by atoms with van der Waals surface area (Å²) in [6, 6.07) is 6.39. The average Bonchev–Trinajstić information content (AvgIpc) is 2.75. The minimum Gasteiger partial charge on any atom is -0.378 e. The molecule has 1 aromatic carbocycles. The van der Waals surface area contributed by atoms with Crippen molar-refractivity contribution in [2.75, 3.05) is 39.1 Å². The standard InChI is InChI=1S/C26H43N3O2/c1-6-17-28(4)18-9-7-8-10-19-31-24-14-12-23(13-15-24)29(5)26(30)27-25-16-11-21(2)20-22(25)3/h6,11,16,20,23-24H,1,7-10,12-15,17-19H2,2-5H3,(H,27,30)/t23-,24-. The Morgan fingerprint density at radius 2 is 1.84 bits per heavy atom. The molecular weight excluding hydrogens is 386 g/mol. The number of hydrogen-bond acceptors (Lipinski definition) is 3. The molecule has 0 aromatic heterocycles. The van der Waals surface area contributed by atoms with Crippen molar-refractivity contribution in [3.63, 3.8) is 0 Å². The summed E-state index contributed by atoms with van der Waals surface area (Å²) in [5.41, 5.74) is 3.20. The Morgan fingerprint density at radius 1 is 1.13 bits per heavy atom. The summed E-state index contributed by atoms with van der Waals surface area (Å²) in [6.45, 7) is 10.8. The number of aryl methyl sites for hydroxylation is 2. The highest BCUT2D eigenvalue weighted by Gasteiger charge is 2.27. The number of ether oxygens (including phenoxy) is 1. The second kappa shape index (κ2) is 13.5. The molecule has 0 heterocycles. The number of amides is 2. The smallest absolute Gasteiger partial charge is 0.321 e. The van der Waals surface area contributed by atoms with Gasteiger partial charge in [0.1, 0.15) is 0 Å². The van der Waals surface area contributed by atoms with Crippen LogP contribution in [-0.4, -0.2) is 61.8 Å². The molecule has 0 bridgehead atoms. The lowest BCUT2D eigenvalue weighted by molar-refractivity contribution is 0.0130. The summed E-state index contributed by atoms with van der Waals surface area (Å²) in [7, 11) is 4.06. The van der Waals surface area contributed by atoms with Gasteiger partial charge in [0.15, 0.2) is 0 Å². The molecule has 0 aliphatic heterocycles. The van der Waals surface area contributed by atoms with Gasteiger partial charge in [-0.25, -0.2) is 4.79 Å². The fourth-order valence-electron chi connectivity index (χ4n) is 4.32. The van der Waals surface area contributed by atoms with Crippen LogP contribution in [0.3, 0.4) is 0 Å². The van der Waals surface area contributed by atoms with E-state index in [9.17, 15) is 4.79 Å². The van der Waals surface area contributed by atoms with E-state index in [1.807, 2.05) is 37.1 Å². The van der Waals surface area contributed by atoms with Gasteiger partial charge in [-0.1, -0.05) is 36.6 Å². The molecule has 1 aliphatic rings. The van der Waals surface area contributed by atoms with Gasteiger partial charge in [-0.2, -0.15) is 0 Å². The molecule has 0 atom stereocenters. The van der Waals surface area contributed by atoms with Crippen molar-refractivity contribution in [2.24, 2.45) is 0 Å². The highest BCUT2D eigenvalue weighted by molar-refractivity contribution is 5.90. The molecule has 1 aromatic rings. The number of anilines is 1. The van der Waals surface area contributed by atoms with Crippen LogP contribution in [0.25, 0.3) is 0 Å². The maximum atomic E-state index is 12.7. The van der Waals surface area contributed by atoms with Gasteiger partial charge in [0, 0.05) is 31.9 Å². The zero-order valence-corrected chi connectivity index (χ0v) is 20.2. The summed E-state index contributed by atoms with van der Waals surface area (Å²) < 4.78 is 6.12. The second-order valence-electron chi connectivity index (χ2n) is 9.13. The maximum Gasteiger partial charge on any atom is 0.321 e. The van der Waals surface area contributed by atoms with E-state index in [1.165, 1.54) is 24.8 Å². The lowest BCUT2D eigenvalue weighted by Gasteiger charge is -2.34. The number of likely N-dealkylation sites (N-methyl/N-ethyl adjacent to an activating group) is 1. The van der Waals surface area contributed by atoms with Crippen LogP contribution in [0.2, 0.25) is 0 Å². The van der Waals surface area contributed by atoms with Gasteiger partial charge < -0.3 is 19.9 Å². The SMILES string of the molecule is C=CCN(C)CCCCCCO[C@H]1CC[C@H](N(C)C(=O)Nc2ccc(C)cc2C)CC1. The predicted octanol–water partition coefficient (Wildman–Crippen LogP) is 5.77. The average molecular weight is 430 g/mol. The van der Waals surface area contributed by atoms with Gasteiger partial charge in [-0.15, -0.1) is 6.58 Å². The molecule has 0 spiro atoms. The largest absolute Gasteiger partial charge is 0.378 e. The van der Waals surface area contributed by atoms with E-state index in [4.69, 9.17) is 4.74 Å². The Bertz CT molecular complexity index is 683. The Kier molecular flexibility index (Phi) is 11.1. The second-order valence-corrected chi connectivity index (χ2v) is 9.13. The number of benzene rings is 1. The molecule has 5 nitrogen and oxygen atoms in total. The molecule has 2 rings (SSSR count). The van der Waals surface area contributed by atoms with E-state index >= 15 is 0 Å². The first-order valence-corrected chi connectivity index (χ1v) is 11.9. The Morgan fingerprint density at radius 3 is 2.52 bits per heavy atom. The van der Waals surface area contributed by atoms with Crippen LogP contribution >= 0.6 is 0 Å². The van der Waals surface area contributed by atoms with Crippen molar-refractivity contribution < 1.29 is 9.53 Å². The summed E-state index contributed by atoms with van der Waals surface area (Å²) in [5, 5.41) is 3.07. The van der Waals surface area contributed by atoms with E-state index in [1.54, 1.807) is 0 Å². The van der Waals surface area contributed by atoms with Crippen LogP contribution in [0.1, 0.15) is 62.5 Å². The third-order valence-electron chi connectivity index (χ3n) is 6.36. The van der Waals surface area contributed by atoms with E-state index in [2.05, 4.69) is 36.8 Å². The normalized spacial score (nSPS) is 18.7. The minimum absolute atomic E-state index is 0.0185. The molecule has 31 heavy (non-hydrogen) atoms. The molecule has 1 N–H and O–H groups in total. The molecular formula is C26H43N3O2. The van der Waals surface area contributed by atoms with E-state index in [0.29, 0.717) is 6.10 Å². The van der Waals surface area contributed by atoms with Gasteiger partial charge >= 0.3 is 6.03 Å². The number of carbonyl (C=O) groups is 1. The fourth-order valence-corrected chi connectivity index (χ4v) is 4.32. The van der Waals surface area contributed by atoms with Gasteiger partial charge in [-0.05, 0) is 77.6 Å². The molecule has 0 unspecified atom stereocenters. The molecule has 0 saturated heterocycles. The third kappa shape index (κ3) is 9.04.